The molecule has 1 aromatic carbocycles. The van der Waals surface area contributed by atoms with E-state index in [1.54, 1.807) is 0 Å². The molecule has 0 radical (unpaired) electrons. The van der Waals surface area contributed by atoms with E-state index in [-0.39, 0.29) is 0 Å². The molecule has 1 aromatic rings. The molecule has 1 heterocycles. The molecule has 0 bridgehead atoms. The molecule has 1 aliphatic heterocycles. The molecule has 2 rings (SSSR count). The Labute approximate surface area is 103 Å². The summed E-state index contributed by atoms with van der Waals surface area (Å²) in [6.07, 6.45) is 4.33. The first-order valence-electron chi connectivity index (χ1n) is 6.74. The first-order chi connectivity index (χ1) is 8.24. The van der Waals surface area contributed by atoms with Crippen molar-refractivity contribution in [3.05, 3.63) is 35.4 Å². The van der Waals surface area contributed by atoms with Crippen LogP contribution in [-0.2, 0) is 12.1 Å². The molecule has 1 atom stereocenters. The predicted molar refractivity (Wildman–Crippen MR) is 69.9 cm³/mol. The second-order valence-electron chi connectivity index (χ2n) is 5.02. The Kier molecular flexibility index (Phi) is 4.16. The molecule has 0 saturated carbocycles. The molecular weight excluding hydrogens is 213 g/mol. The highest BCUT2D eigenvalue weighted by Gasteiger charge is 2.32. The van der Waals surface area contributed by atoms with Crippen molar-refractivity contribution >= 4 is 0 Å². The van der Waals surface area contributed by atoms with E-state index in [0.29, 0.717) is 12.8 Å². The van der Waals surface area contributed by atoms with Crippen molar-refractivity contribution in [2.24, 2.45) is 0 Å². The van der Waals surface area contributed by atoms with Crippen LogP contribution in [0.2, 0.25) is 0 Å². The highest BCUT2D eigenvalue weighted by Crippen LogP contribution is 2.36. The normalized spacial score (nSPS) is 25.5. The van der Waals surface area contributed by atoms with Crippen LogP contribution in [0.1, 0.15) is 43.7 Å². The molecule has 94 valence electrons. The summed E-state index contributed by atoms with van der Waals surface area (Å²) < 4.78 is 14.9. The molecule has 1 nitrogen and oxygen atoms in total. The second kappa shape index (κ2) is 5.63. The number of nitrogens with one attached hydrogen (secondary N) is 1. The lowest BCUT2D eigenvalue weighted by Crippen LogP contribution is -2.22. The third-order valence-electron chi connectivity index (χ3n) is 3.61. The van der Waals surface area contributed by atoms with Gasteiger partial charge in [-0.3, -0.25) is 0 Å². The fraction of sp³-hybridized carbons (Fsp3) is 0.600. The smallest absolute Gasteiger partial charge is 0.137 e. The van der Waals surface area contributed by atoms with Gasteiger partial charge in [0.15, 0.2) is 0 Å². The first-order valence-corrected chi connectivity index (χ1v) is 6.74. The van der Waals surface area contributed by atoms with Gasteiger partial charge in [0.05, 0.1) is 0 Å². The maximum absolute atomic E-state index is 14.9. The maximum Gasteiger partial charge on any atom is 0.137 e. The largest absolute Gasteiger partial charge is 0.317 e. The van der Waals surface area contributed by atoms with Crippen molar-refractivity contribution in [3.63, 3.8) is 0 Å². The Balaban J connectivity index is 2.21. The molecule has 1 aliphatic rings. The lowest BCUT2D eigenvalue weighted by molar-refractivity contribution is 0.145. The van der Waals surface area contributed by atoms with E-state index in [9.17, 15) is 4.39 Å². The first kappa shape index (κ1) is 12.6. The number of halogens is 1. The van der Waals surface area contributed by atoms with E-state index >= 15 is 0 Å². The molecule has 0 amide bonds. The van der Waals surface area contributed by atoms with Crippen LogP contribution in [0.5, 0.6) is 0 Å². The van der Waals surface area contributed by atoms with Crippen LogP contribution in [0.15, 0.2) is 24.3 Å². The van der Waals surface area contributed by atoms with Gasteiger partial charge < -0.3 is 5.32 Å². The van der Waals surface area contributed by atoms with Crippen molar-refractivity contribution in [1.29, 1.82) is 0 Å². The van der Waals surface area contributed by atoms with E-state index in [0.717, 1.165) is 37.9 Å². The van der Waals surface area contributed by atoms with Gasteiger partial charge in [0.25, 0.3) is 0 Å². The summed E-state index contributed by atoms with van der Waals surface area (Å²) in [5.74, 6) is 0. The van der Waals surface area contributed by atoms with Crippen LogP contribution >= 0.6 is 0 Å². The molecule has 17 heavy (non-hydrogen) atoms. The number of aryl methyl sites for hydroxylation is 1. The summed E-state index contributed by atoms with van der Waals surface area (Å²) in [5.41, 5.74) is 1.03. The van der Waals surface area contributed by atoms with Gasteiger partial charge in [0, 0.05) is 0 Å². The Morgan fingerprint density at radius 1 is 1.29 bits per heavy atom. The van der Waals surface area contributed by atoms with Gasteiger partial charge >= 0.3 is 0 Å². The summed E-state index contributed by atoms with van der Waals surface area (Å²) in [7, 11) is 0. The number of hydrogen-bond acceptors (Lipinski definition) is 1. The second-order valence-corrected chi connectivity index (χ2v) is 5.02. The van der Waals surface area contributed by atoms with Crippen molar-refractivity contribution in [2.45, 2.75) is 44.7 Å². The summed E-state index contributed by atoms with van der Waals surface area (Å²) in [6.45, 7) is 3.89. The molecule has 0 aromatic heterocycles. The Morgan fingerprint density at radius 3 is 3.00 bits per heavy atom. The van der Waals surface area contributed by atoms with Crippen LogP contribution in [0.3, 0.4) is 0 Å². The minimum atomic E-state index is -1.12. The molecular formula is C15H22FN. The van der Waals surface area contributed by atoms with Gasteiger partial charge in [-0.2, -0.15) is 0 Å². The molecule has 0 spiro atoms. The summed E-state index contributed by atoms with van der Waals surface area (Å²) >= 11 is 0. The van der Waals surface area contributed by atoms with E-state index in [2.05, 4.69) is 24.4 Å². The fourth-order valence-electron chi connectivity index (χ4n) is 2.61. The molecule has 1 unspecified atom stereocenters. The lowest BCUT2D eigenvalue weighted by atomic mass is 9.87. The highest BCUT2D eigenvalue weighted by molar-refractivity contribution is 5.28. The summed E-state index contributed by atoms with van der Waals surface area (Å²) in [4.78, 5) is 0. The molecule has 1 N–H and O–H groups in total. The van der Waals surface area contributed by atoms with Gasteiger partial charge in [0.1, 0.15) is 5.67 Å². The van der Waals surface area contributed by atoms with Crippen LogP contribution in [-0.4, -0.2) is 13.1 Å². The summed E-state index contributed by atoms with van der Waals surface area (Å²) in [5, 5.41) is 3.27. The van der Waals surface area contributed by atoms with Gasteiger partial charge in [0.2, 0.25) is 0 Å². The Morgan fingerprint density at radius 2 is 2.18 bits per heavy atom. The third-order valence-corrected chi connectivity index (χ3v) is 3.61. The zero-order valence-electron chi connectivity index (χ0n) is 10.6. The Bertz CT molecular complexity index is 354. The average Bonchev–Trinajstić information content (AvgIpc) is 2.56. The number of alkyl halides is 1. The van der Waals surface area contributed by atoms with Crippen LogP contribution in [0.25, 0.3) is 0 Å². The maximum atomic E-state index is 14.9. The minimum Gasteiger partial charge on any atom is -0.317 e. The van der Waals surface area contributed by atoms with E-state index in [4.69, 9.17) is 0 Å². The molecule has 0 aliphatic carbocycles. The topological polar surface area (TPSA) is 12.0 Å². The SMILES string of the molecule is CCCc1cccc(C2(F)CCCNCC2)c1. The number of benzene rings is 1. The van der Waals surface area contributed by atoms with Gasteiger partial charge in [-0.1, -0.05) is 37.6 Å². The number of hydrogen-bond donors (Lipinski definition) is 1. The van der Waals surface area contributed by atoms with E-state index in [1.165, 1.54) is 5.56 Å². The summed E-state index contributed by atoms with van der Waals surface area (Å²) in [6, 6.07) is 8.12. The quantitative estimate of drug-likeness (QED) is 0.844. The van der Waals surface area contributed by atoms with Crippen LogP contribution in [0.4, 0.5) is 4.39 Å². The Hall–Kier alpha value is -0.890. The van der Waals surface area contributed by atoms with Crippen molar-refractivity contribution in [3.8, 4) is 0 Å². The van der Waals surface area contributed by atoms with Crippen LogP contribution < -0.4 is 5.32 Å². The highest BCUT2D eigenvalue weighted by atomic mass is 19.1. The zero-order valence-corrected chi connectivity index (χ0v) is 10.6. The van der Waals surface area contributed by atoms with Crippen LogP contribution in [0, 0.1) is 0 Å². The van der Waals surface area contributed by atoms with Crippen molar-refractivity contribution < 1.29 is 4.39 Å². The third kappa shape index (κ3) is 3.06. The zero-order chi connectivity index (χ0) is 12.1. The van der Waals surface area contributed by atoms with E-state index in [1.807, 2.05) is 12.1 Å². The predicted octanol–water partition coefficient (Wildman–Crippen LogP) is 3.58. The minimum absolute atomic E-state index is 0.600. The van der Waals surface area contributed by atoms with Gasteiger partial charge in [-0.05, 0) is 49.9 Å². The average molecular weight is 235 g/mol. The van der Waals surface area contributed by atoms with Gasteiger partial charge in [-0.15, -0.1) is 0 Å². The standard InChI is InChI=1S/C15H22FN/c1-2-5-13-6-3-7-14(12-13)15(16)8-4-10-17-11-9-15/h3,6-7,12,17H,2,4-5,8-11H2,1H3. The monoisotopic (exact) mass is 235 g/mol. The molecule has 1 saturated heterocycles. The lowest BCUT2D eigenvalue weighted by Gasteiger charge is -2.24. The fourth-order valence-corrected chi connectivity index (χ4v) is 2.61. The van der Waals surface area contributed by atoms with Crippen molar-refractivity contribution in [2.75, 3.05) is 13.1 Å². The van der Waals surface area contributed by atoms with Gasteiger partial charge in [-0.25, -0.2) is 4.39 Å². The van der Waals surface area contributed by atoms with E-state index < -0.39 is 5.67 Å². The molecule has 1 fully saturated rings. The van der Waals surface area contributed by atoms with Crippen molar-refractivity contribution in [1.82, 2.24) is 5.32 Å². The molecule has 2 heteroatoms. The number of rotatable bonds is 3.